The molecule has 2 heteroatoms. The molecule has 0 saturated heterocycles. The van der Waals surface area contributed by atoms with E-state index in [2.05, 4.69) is 0 Å². The first kappa shape index (κ1) is 8.40. The average molecular weight is 159 g/mol. The molecule has 0 bridgehead atoms. The molecule has 1 radical (unpaired) electrons. The third-order valence-electron chi connectivity index (χ3n) is 1.36. The SMILES string of the molecule is O=[C]/C=C/C(=O)c1ccccc1. The Labute approximate surface area is 70.5 Å². The van der Waals surface area contributed by atoms with Gasteiger partial charge in [-0.3, -0.25) is 9.59 Å². The zero-order valence-electron chi connectivity index (χ0n) is 6.36. The number of rotatable bonds is 3. The molecule has 0 unspecified atom stereocenters. The first-order chi connectivity index (χ1) is 5.84. The van der Waals surface area contributed by atoms with Gasteiger partial charge in [0.15, 0.2) is 5.78 Å². The fraction of sp³-hybridized carbons (Fsp3) is 0. The number of carbonyl (C=O) groups excluding carboxylic acids is 2. The number of benzene rings is 1. The van der Waals surface area contributed by atoms with E-state index in [0.717, 1.165) is 6.08 Å². The van der Waals surface area contributed by atoms with Crippen LogP contribution in [0.1, 0.15) is 10.4 Å². The lowest BCUT2D eigenvalue weighted by Crippen LogP contribution is -1.92. The van der Waals surface area contributed by atoms with Crippen molar-refractivity contribution < 1.29 is 9.59 Å². The third kappa shape index (κ3) is 2.16. The first-order valence-electron chi connectivity index (χ1n) is 3.48. The van der Waals surface area contributed by atoms with Crippen molar-refractivity contribution in [2.75, 3.05) is 0 Å². The number of hydrogen-bond donors (Lipinski definition) is 0. The van der Waals surface area contributed by atoms with Crippen molar-refractivity contribution in [3.8, 4) is 0 Å². The van der Waals surface area contributed by atoms with Crippen LogP contribution in [-0.4, -0.2) is 12.1 Å². The molecule has 0 aromatic heterocycles. The van der Waals surface area contributed by atoms with Crippen LogP contribution in [0.25, 0.3) is 0 Å². The van der Waals surface area contributed by atoms with E-state index in [1.54, 1.807) is 24.3 Å². The summed E-state index contributed by atoms with van der Waals surface area (Å²) in [6.45, 7) is 0. The average Bonchev–Trinajstić information content (AvgIpc) is 2.15. The fourth-order valence-electron chi connectivity index (χ4n) is 0.808. The predicted molar refractivity (Wildman–Crippen MR) is 45.6 cm³/mol. The summed E-state index contributed by atoms with van der Waals surface area (Å²) < 4.78 is 0. The zero-order chi connectivity index (χ0) is 8.81. The van der Waals surface area contributed by atoms with E-state index in [1.807, 2.05) is 6.07 Å². The molecule has 0 amide bonds. The van der Waals surface area contributed by atoms with E-state index >= 15 is 0 Å². The standard InChI is InChI=1S/C10H7O2/c11-8-4-7-10(12)9-5-2-1-3-6-9/h1-7H/b7-4+. The molecule has 1 rings (SSSR count). The van der Waals surface area contributed by atoms with Gasteiger partial charge in [-0.1, -0.05) is 30.3 Å². The summed E-state index contributed by atoms with van der Waals surface area (Å²) in [5.41, 5.74) is 0.573. The normalized spacial score (nSPS) is 10.0. The van der Waals surface area contributed by atoms with Crippen LogP contribution in [0.5, 0.6) is 0 Å². The van der Waals surface area contributed by atoms with Gasteiger partial charge < -0.3 is 0 Å². The molecule has 12 heavy (non-hydrogen) atoms. The van der Waals surface area contributed by atoms with E-state index in [-0.39, 0.29) is 5.78 Å². The zero-order valence-corrected chi connectivity index (χ0v) is 6.36. The molecule has 1 aromatic rings. The van der Waals surface area contributed by atoms with Gasteiger partial charge in [-0.15, -0.1) is 0 Å². The van der Waals surface area contributed by atoms with E-state index in [4.69, 9.17) is 0 Å². The highest BCUT2D eigenvalue weighted by Gasteiger charge is 1.97. The molecule has 0 aliphatic carbocycles. The molecule has 0 aliphatic heterocycles. The second-order valence-electron chi connectivity index (χ2n) is 2.18. The lowest BCUT2D eigenvalue weighted by Gasteiger charge is -1.91. The fourth-order valence-corrected chi connectivity index (χ4v) is 0.808. The van der Waals surface area contributed by atoms with E-state index in [1.165, 1.54) is 12.4 Å². The quantitative estimate of drug-likeness (QED) is 0.495. The van der Waals surface area contributed by atoms with E-state index in [0.29, 0.717) is 5.56 Å². The maximum Gasteiger partial charge on any atom is 0.225 e. The van der Waals surface area contributed by atoms with Gasteiger partial charge >= 0.3 is 0 Å². The smallest absolute Gasteiger partial charge is 0.225 e. The summed E-state index contributed by atoms with van der Waals surface area (Å²) in [6, 6.07) is 8.75. The maximum atomic E-state index is 11.1. The molecule has 0 N–H and O–H groups in total. The van der Waals surface area contributed by atoms with Gasteiger partial charge in [0.05, 0.1) is 0 Å². The molecule has 1 aromatic carbocycles. The van der Waals surface area contributed by atoms with Gasteiger partial charge in [0.1, 0.15) is 0 Å². The van der Waals surface area contributed by atoms with E-state index < -0.39 is 0 Å². The van der Waals surface area contributed by atoms with Crippen LogP contribution in [-0.2, 0) is 4.79 Å². The topological polar surface area (TPSA) is 34.1 Å². The minimum absolute atomic E-state index is 0.182. The molecule has 0 fully saturated rings. The van der Waals surface area contributed by atoms with Gasteiger partial charge in [0.25, 0.3) is 0 Å². The molecule has 59 valence electrons. The number of ketones is 1. The Morgan fingerprint density at radius 3 is 2.50 bits per heavy atom. The van der Waals surface area contributed by atoms with Crippen LogP contribution >= 0.6 is 0 Å². The van der Waals surface area contributed by atoms with Crippen molar-refractivity contribution >= 4 is 12.1 Å². The van der Waals surface area contributed by atoms with Crippen molar-refractivity contribution in [3.05, 3.63) is 48.0 Å². The third-order valence-corrected chi connectivity index (χ3v) is 1.36. The van der Waals surface area contributed by atoms with Crippen molar-refractivity contribution in [3.63, 3.8) is 0 Å². The van der Waals surface area contributed by atoms with Gasteiger partial charge in [0.2, 0.25) is 6.29 Å². The van der Waals surface area contributed by atoms with Crippen LogP contribution < -0.4 is 0 Å². The molecule has 0 spiro atoms. The monoisotopic (exact) mass is 159 g/mol. The summed E-state index contributed by atoms with van der Waals surface area (Å²) >= 11 is 0. The minimum atomic E-state index is -0.182. The number of carbonyl (C=O) groups is 1. The molecule has 0 saturated carbocycles. The van der Waals surface area contributed by atoms with Gasteiger partial charge in [0, 0.05) is 5.56 Å². The van der Waals surface area contributed by atoms with E-state index in [9.17, 15) is 9.59 Å². The van der Waals surface area contributed by atoms with Crippen molar-refractivity contribution in [2.24, 2.45) is 0 Å². The highest BCUT2D eigenvalue weighted by Crippen LogP contribution is 1.99. The predicted octanol–water partition coefficient (Wildman–Crippen LogP) is 1.54. The lowest BCUT2D eigenvalue weighted by atomic mass is 10.1. The summed E-state index contributed by atoms with van der Waals surface area (Å²) in [5, 5.41) is 0. The molecule has 0 heterocycles. The van der Waals surface area contributed by atoms with Crippen LogP contribution in [0, 0.1) is 0 Å². The van der Waals surface area contributed by atoms with Gasteiger partial charge in [-0.25, -0.2) is 0 Å². The summed E-state index contributed by atoms with van der Waals surface area (Å²) in [5.74, 6) is -0.182. The Balaban J connectivity index is 2.79. The summed E-state index contributed by atoms with van der Waals surface area (Å²) in [7, 11) is 0. The van der Waals surface area contributed by atoms with Crippen LogP contribution in [0.3, 0.4) is 0 Å². The highest BCUT2D eigenvalue weighted by molar-refractivity contribution is 6.05. The van der Waals surface area contributed by atoms with Crippen molar-refractivity contribution in [1.29, 1.82) is 0 Å². The molecule has 0 aliphatic rings. The Bertz CT molecular complexity index is 299. The van der Waals surface area contributed by atoms with Gasteiger partial charge in [-0.05, 0) is 12.2 Å². The Morgan fingerprint density at radius 2 is 1.92 bits per heavy atom. The number of allylic oxidation sites excluding steroid dienone is 2. The number of hydrogen-bond acceptors (Lipinski definition) is 2. The summed E-state index contributed by atoms with van der Waals surface area (Å²) in [6.07, 6.45) is 3.78. The molecular weight excluding hydrogens is 152 g/mol. The maximum absolute atomic E-state index is 11.1. The lowest BCUT2D eigenvalue weighted by molar-refractivity contribution is 0.104. The molecule has 0 atom stereocenters. The Morgan fingerprint density at radius 1 is 1.25 bits per heavy atom. The van der Waals surface area contributed by atoms with Crippen LogP contribution in [0.4, 0.5) is 0 Å². The van der Waals surface area contributed by atoms with Crippen molar-refractivity contribution in [1.82, 2.24) is 0 Å². The Hall–Kier alpha value is -1.70. The first-order valence-corrected chi connectivity index (χ1v) is 3.48. The second kappa shape index (κ2) is 4.23. The van der Waals surface area contributed by atoms with Gasteiger partial charge in [-0.2, -0.15) is 0 Å². The highest BCUT2D eigenvalue weighted by atomic mass is 16.1. The molecule has 2 nitrogen and oxygen atoms in total. The largest absolute Gasteiger partial charge is 0.289 e. The van der Waals surface area contributed by atoms with Crippen LogP contribution in [0.15, 0.2) is 42.5 Å². The Kier molecular flexibility index (Phi) is 2.96. The van der Waals surface area contributed by atoms with Crippen molar-refractivity contribution in [2.45, 2.75) is 0 Å². The minimum Gasteiger partial charge on any atom is -0.289 e. The second-order valence-corrected chi connectivity index (χ2v) is 2.18. The summed E-state index contributed by atoms with van der Waals surface area (Å²) in [4.78, 5) is 20.9. The van der Waals surface area contributed by atoms with Crippen LogP contribution in [0.2, 0.25) is 0 Å². The molecular formula is C10H7O2.